The molecular weight excluding hydrogens is 398 g/mol. The van der Waals surface area contributed by atoms with Crippen LogP contribution in [0.15, 0.2) is 41.4 Å². The average molecular weight is 418 g/mol. The first-order valence-electron chi connectivity index (χ1n) is 8.64. The fourth-order valence-corrected chi connectivity index (χ4v) is 3.39. The van der Waals surface area contributed by atoms with Crippen molar-refractivity contribution in [2.75, 3.05) is 28.4 Å². The van der Waals surface area contributed by atoms with Crippen LogP contribution in [0.1, 0.15) is 11.1 Å². The Morgan fingerprint density at radius 1 is 0.759 bits per heavy atom. The summed E-state index contributed by atoms with van der Waals surface area (Å²) in [5.74, 6) is 0.950. The van der Waals surface area contributed by atoms with Gasteiger partial charge < -0.3 is 18.9 Å². The number of hydrogen-bond donors (Lipinski definition) is 0. The molecule has 7 nitrogen and oxygen atoms in total. The molecule has 0 spiro atoms. The number of amides is 2. The minimum absolute atomic E-state index is 0.0467. The lowest BCUT2D eigenvalue weighted by atomic mass is 10.1. The van der Waals surface area contributed by atoms with E-state index in [1.54, 1.807) is 36.4 Å². The van der Waals surface area contributed by atoms with Crippen LogP contribution < -0.4 is 18.9 Å². The Morgan fingerprint density at radius 2 is 1.31 bits per heavy atom. The van der Waals surface area contributed by atoms with Crippen molar-refractivity contribution in [2.45, 2.75) is 6.54 Å². The average Bonchev–Trinajstić information content (AvgIpc) is 2.96. The zero-order valence-corrected chi connectivity index (χ0v) is 17.2. The second-order valence-electron chi connectivity index (χ2n) is 6.14. The van der Waals surface area contributed by atoms with Crippen LogP contribution in [0.2, 0.25) is 0 Å². The molecule has 0 aliphatic carbocycles. The Balaban J connectivity index is 1.91. The van der Waals surface area contributed by atoms with Gasteiger partial charge in [0.1, 0.15) is 5.03 Å². The van der Waals surface area contributed by atoms with E-state index in [4.69, 9.17) is 30.5 Å². The molecular formula is C21H20ClNO6. The molecule has 152 valence electrons. The maximum absolute atomic E-state index is 13.0. The SMILES string of the molecule is COc1ccc(CN2C(=O)C(Cl)=C(c3ccc(OC)c(OC)c3)C2=O)cc1OC. The zero-order valence-electron chi connectivity index (χ0n) is 16.4. The van der Waals surface area contributed by atoms with Crippen LogP contribution >= 0.6 is 11.6 Å². The predicted octanol–water partition coefficient (Wildman–Crippen LogP) is 3.24. The lowest BCUT2D eigenvalue weighted by molar-refractivity contribution is -0.137. The fourth-order valence-electron chi connectivity index (χ4n) is 3.09. The third-order valence-electron chi connectivity index (χ3n) is 4.57. The van der Waals surface area contributed by atoms with Gasteiger partial charge in [-0.05, 0) is 35.4 Å². The number of hydrogen-bond acceptors (Lipinski definition) is 6. The number of carbonyl (C=O) groups excluding carboxylic acids is 2. The Labute approximate surface area is 173 Å². The summed E-state index contributed by atoms with van der Waals surface area (Å²) in [6.07, 6.45) is 0. The number of benzene rings is 2. The number of carbonyl (C=O) groups is 2. The first-order valence-corrected chi connectivity index (χ1v) is 9.02. The molecule has 8 heteroatoms. The number of nitrogens with zero attached hydrogens (tertiary/aromatic N) is 1. The lowest BCUT2D eigenvalue weighted by Crippen LogP contribution is -2.30. The first kappa shape index (κ1) is 20.5. The van der Waals surface area contributed by atoms with Gasteiger partial charge in [-0.25, -0.2) is 0 Å². The van der Waals surface area contributed by atoms with E-state index >= 15 is 0 Å². The van der Waals surface area contributed by atoms with E-state index < -0.39 is 11.8 Å². The van der Waals surface area contributed by atoms with Gasteiger partial charge in [0, 0.05) is 0 Å². The Hall–Kier alpha value is -3.19. The van der Waals surface area contributed by atoms with E-state index in [0.717, 1.165) is 4.90 Å². The molecule has 0 atom stereocenters. The van der Waals surface area contributed by atoms with Crippen molar-refractivity contribution >= 4 is 29.0 Å². The number of methoxy groups -OCH3 is 4. The number of halogens is 1. The van der Waals surface area contributed by atoms with E-state index in [1.165, 1.54) is 28.4 Å². The molecule has 1 aliphatic rings. The lowest BCUT2D eigenvalue weighted by Gasteiger charge is -2.16. The van der Waals surface area contributed by atoms with Gasteiger partial charge in [0.15, 0.2) is 23.0 Å². The molecule has 0 aromatic heterocycles. The van der Waals surface area contributed by atoms with Gasteiger partial charge in [-0.1, -0.05) is 23.7 Å². The van der Waals surface area contributed by atoms with E-state index in [-0.39, 0.29) is 17.2 Å². The van der Waals surface area contributed by atoms with Crippen molar-refractivity contribution in [3.8, 4) is 23.0 Å². The second kappa shape index (κ2) is 8.45. The monoisotopic (exact) mass is 417 g/mol. The second-order valence-corrected chi connectivity index (χ2v) is 6.52. The summed E-state index contributed by atoms with van der Waals surface area (Å²) >= 11 is 6.25. The van der Waals surface area contributed by atoms with E-state index in [2.05, 4.69) is 0 Å². The molecule has 0 unspecified atom stereocenters. The quantitative estimate of drug-likeness (QED) is 0.644. The summed E-state index contributed by atoms with van der Waals surface area (Å²) in [6.45, 7) is 0.0467. The van der Waals surface area contributed by atoms with E-state index in [0.29, 0.717) is 34.1 Å². The fraction of sp³-hybridized carbons (Fsp3) is 0.238. The highest BCUT2D eigenvalue weighted by atomic mass is 35.5. The van der Waals surface area contributed by atoms with Crippen LogP contribution in [0.25, 0.3) is 5.57 Å². The molecule has 0 saturated heterocycles. The van der Waals surface area contributed by atoms with Gasteiger partial charge >= 0.3 is 0 Å². The maximum atomic E-state index is 13.0. The highest BCUT2D eigenvalue weighted by Gasteiger charge is 2.38. The van der Waals surface area contributed by atoms with Crippen molar-refractivity contribution in [1.29, 1.82) is 0 Å². The van der Waals surface area contributed by atoms with Gasteiger partial charge in [0.05, 0.1) is 40.6 Å². The number of imide groups is 1. The summed E-state index contributed by atoms with van der Waals surface area (Å²) in [5.41, 5.74) is 1.29. The molecule has 3 rings (SSSR count). The minimum atomic E-state index is -0.559. The van der Waals surface area contributed by atoms with Crippen LogP contribution in [-0.4, -0.2) is 45.2 Å². The molecule has 29 heavy (non-hydrogen) atoms. The van der Waals surface area contributed by atoms with Gasteiger partial charge in [-0.2, -0.15) is 0 Å². The van der Waals surface area contributed by atoms with Crippen LogP contribution in [0.5, 0.6) is 23.0 Å². The van der Waals surface area contributed by atoms with Crippen molar-refractivity contribution in [3.63, 3.8) is 0 Å². The molecule has 0 N–H and O–H groups in total. The van der Waals surface area contributed by atoms with Gasteiger partial charge in [0.25, 0.3) is 11.8 Å². The van der Waals surface area contributed by atoms with Crippen molar-refractivity contribution < 1.29 is 28.5 Å². The number of rotatable bonds is 7. The highest BCUT2D eigenvalue weighted by molar-refractivity contribution is 6.55. The van der Waals surface area contributed by atoms with Gasteiger partial charge in [0.2, 0.25) is 0 Å². The third kappa shape index (κ3) is 3.73. The third-order valence-corrected chi connectivity index (χ3v) is 4.92. The normalized spacial score (nSPS) is 13.8. The van der Waals surface area contributed by atoms with Crippen LogP contribution in [0.4, 0.5) is 0 Å². The van der Waals surface area contributed by atoms with Crippen LogP contribution in [-0.2, 0) is 16.1 Å². The van der Waals surface area contributed by atoms with E-state index in [9.17, 15) is 9.59 Å². The Bertz CT molecular complexity index is 1000. The Morgan fingerprint density at radius 3 is 1.90 bits per heavy atom. The summed E-state index contributed by atoms with van der Waals surface area (Å²) in [7, 11) is 6.05. The minimum Gasteiger partial charge on any atom is -0.493 e. The molecule has 0 fully saturated rings. The number of ether oxygens (including phenoxy) is 4. The standard InChI is InChI=1S/C21H20ClNO6/c1-26-14-7-5-12(9-16(14)28-3)11-23-20(24)18(19(22)21(23)25)13-6-8-15(27-2)17(10-13)29-4/h5-10H,11H2,1-4H3. The summed E-state index contributed by atoms with van der Waals surface area (Å²) in [6, 6.07) is 10.1. The Kier molecular flexibility index (Phi) is 5.98. The molecule has 2 amide bonds. The van der Waals surface area contributed by atoms with Crippen molar-refractivity contribution in [3.05, 3.63) is 52.6 Å². The predicted molar refractivity (Wildman–Crippen MR) is 107 cm³/mol. The molecule has 0 saturated carbocycles. The largest absolute Gasteiger partial charge is 0.493 e. The topological polar surface area (TPSA) is 74.3 Å². The van der Waals surface area contributed by atoms with Crippen LogP contribution in [0.3, 0.4) is 0 Å². The zero-order chi connectivity index (χ0) is 21.1. The smallest absolute Gasteiger partial charge is 0.273 e. The van der Waals surface area contributed by atoms with Crippen molar-refractivity contribution in [2.24, 2.45) is 0 Å². The highest BCUT2D eigenvalue weighted by Crippen LogP contribution is 2.37. The molecule has 1 heterocycles. The first-order chi connectivity index (χ1) is 13.9. The molecule has 1 aliphatic heterocycles. The molecule has 0 radical (unpaired) electrons. The summed E-state index contributed by atoms with van der Waals surface area (Å²) in [4.78, 5) is 26.8. The van der Waals surface area contributed by atoms with Crippen molar-refractivity contribution in [1.82, 2.24) is 4.90 Å². The van der Waals surface area contributed by atoms with Gasteiger partial charge in [-0.15, -0.1) is 0 Å². The maximum Gasteiger partial charge on any atom is 0.273 e. The molecule has 2 aromatic carbocycles. The summed E-state index contributed by atoms with van der Waals surface area (Å²) in [5, 5.41) is -0.136. The van der Waals surface area contributed by atoms with Crippen LogP contribution in [0, 0.1) is 0 Å². The molecule has 2 aromatic rings. The summed E-state index contributed by atoms with van der Waals surface area (Å²) < 4.78 is 21.0. The molecule has 0 bridgehead atoms. The van der Waals surface area contributed by atoms with Gasteiger partial charge in [-0.3, -0.25) is 14.5 Å². The van der Waals surface area contributed by atoms with E-state index in [1.807, 2.05) is 0 Å².